The van der Waals surface area contributed by atoms with E-state index in [2.05, 4.69) is 37.9 Å². The van der Waals surface area contributed by atoms with Gasteiger partial charge in [0, 0.05) is 18.1 Å². The molecule has 19 heavy (non-hydrogen) atoms. The molecule has 112 valence electrons. The molecule has 4 atom stereocenters. The molecule has 2 aliphatic rings. The lowest BCUT2D eigenvalue weighted by atomic mass is 9.81. The number of hydrogen-bond acceptors (Lipinski definition) is 2. The molecule has 0 aromatic carbocycles. The van der Waals surface area contributed by atoms with Crippen LogP contribution in [0.25, 0.3) is 0 Å². The van der Waals surface area contributed by atoms with Gasteiger partial charge in [0.2, 0.25) is 0 Å². The zero-order valence-corrected chi connectivity index (χ0v) is 13.5. The molecule has 4 unspecified atom stereocenters. The standard InChI is InChI=1S/C17H34N2/c1-5-10-18-15-9-8-14(4)12-17(15)19-11-6-7-16(19)13(2)3/h13-18H,5-12H2,1-4H3. The first-order valence-electron chi connectivity index (χ1n) is 8.62. The lowest BCUT2D eigenvalue weighted by molar-refractivity contribution is 0.0731. The van der Waals surface area contributed by atoms with Crippen LogP contribution in [0.2, 0.25) is 0 Å². The third kappa shape index (κ3) is 3.72. The predicted octanol–water partition coefficient (Wildman–Crippen LogP) is 3.66. The van der Waals surface area contributed by atoms with E-state index in [4.69, 9.17) is 0 Å². The van der Waals surface area contributed by atoms with E-state index in [1.54, 1.807) is 0 Å². The van der Waals surface area contributed by atoms with Gasteiger partial charge in [0.1, 0.15) is 0 Å². The maximum Gasteiger partial charge on any atom is 0.0254 e. The van der Waals surface area contributed by atoms with Crippen molar-refractivity contribution in [1.29, 1.82) is 0 Å². The summed E-state index contributed by atoms with van der Waals surface area (Å²) in [7, 11) is 0. The third-order valence-electron chi connectivity index (χ3n) is 5.27. The van der Waals surface area contributed by atoms with E-state index in [1.165, 1.54) is 51.6 Å². The fourth-order valence-corrected chi connectivity index (χ4v) is 4.23. The van der Waals surface area contributed by atoms with Crippen LogP contribution in [0.5, 0.6) is 0 Å². The minimum atomic E-state index is 0.746. The summed E-state index contributed by atoms with van der Waals surface area (Å²) in [5, 5.41) is 3.84. The first-order valence-corrected chi connectivity index (χ1v) is 8.62. The van der Waals surface area contributed by atoms with E-state index in [9.17, 15) is 0 Å². The molecule has 0 aromatic rings. The van der Waals surface area contributed by atoms with Gasteiger partial charge < -0.3 is 5.32 Å². The van der Waals surface area contributed by atoms with E-state index >= 15 is 0 Å². The van der Waals surface area contributed by atoms with Crippen molar-refractivity contribution in [3.05, 3.63) is 0 Å². The molecule has 0 amide bonds. The zero-order chi connectivity index (χ0) is 13.8. The Morgan fingerprint density at radius 1 is 1.21 bits per heavy atom. The van der Waals surface area contributed by atoms with E-state index in [0.29, 0.717) is 0 Å². The number of rotatable bonds is 5. The molecule has 1 saturated heterocycles. The monoisotopic (exact) mass is 266 g/mol. The van der Waals surface area contributed by atoms with Crippen molar-refractivity contribution in [3.8, 4) is 0 Å². The van der Waals surface area contributed by atoms with Crippen LogP contribution in [0.4, 0.5) is 0 Å². The van der Waals surface area contributed by atoms with Gasteiger partial charge in [-0.1, -0.05) is 27.7 Å². The highest BCUT2D eigenvalue weighted by molar-refractivity contribution is 4.95. The molecule has 1 aliphatic carbocycles. The first-order chi connectivity index (χ1) is 9.13. The minimum absolute atomic E-state index is 0.746. The molecule has 2 heteroatoms. The summed E-state index contributed by atoms with van der Waals surface area (Å²) in [6.45, 7) is 12.1. The van der Waals surface area contributed by atoms with Crippen molar-refractivity contribution in [2.75, 3.05) is 13.1 Å². The van der Waals surface area contributed by atoms with Crippen molar-refractivity contribution in [3.63, 3.8) is 0 Å². The van der Waals surface area contributed by atoms with Crippen molar-refractivity contribution in [2.45, 2.75) is 84.3 Å². The molecule has 0 aromatic heterocycles. The fourth-order valence-electron chi connectivity index (χ4n) is 4.23. The molecule has 0 radical (unpaired) electrons. The zero-order valence-electron chi connectivity index (χ0n) is 13.5. The highest BCUT2D eigenvalue weighted by Crippen LogP contribution is 2.34. The van der Waals surface area contributed by atoms with Crippen molar-refractivity contribution >= 4 is 0 Å². The molecule has 2 fully saturated rings. The molecule has 1 saturated carbocycles. The van der Waals surface area contributed by atoms with Gasteiger partial charge in [-0.2, -0.15) is 0 Å². The average molecular weight is 266 g/mol. The second-order valence-electron chi connectivity index (χ2n) is 7.24. The van der Waals surface area contributed by atoms with Gasteiger partial charge in [0.05, 0.1) is 0 Å². The molecule has 0 bridgehead atoms. The fraction of sp³-hybridized carbons (Fsp3) is 1.00. The van der Waals surface area contributed by atoms with E-state index in [1.807, 2.05) is 0 Å². The molecule has 2 rings (SSSR count). The van der Waals surface area contributed by atoms with Crippen molar-refractivity contribution in [2.24, 2.45) is 11.8 Å². The number of likely N-dealkylation sites (tertiary alicyclic amines) is 1. The van der Waals surface area contributed by atoms with Crippen LogP contribution in [-0.4, -0.2) is 36.1 Å². The van der Waals surface area contributed by atoms with Crippen LogP contribution in [-0.2, 0) is 0 Å². The SMILES string of the molecule is CCCNC1CCC(C)CC1N1CCCC1C(C)C. The van der Waals surface area contributed by atoms with Gasteiger partial charge in [-0.25, -0.2) is 0 Å². The van der Waals surface area contributed by atoms with Gasteiger partial charge in [0.25, 0.3) is 0 Å². The highest BCUT2D eigenvalue weighted by atomic mass is 15.2. The Labute approximate surface area is 120 Å². The van der Waals surface area contributed by atoms with Gasteiger partial charge in [-0.15, -0.1) is 0 Å². The number of hydrogen-bond donors (Lipinski definition) is 1. The lowest BCUT2D eigenvalue weighted by Crippen LogP contribution is -2.55. The van der Waals surface area contributed by atoms with E-state index < -0.39 is 0 Å². The van der Waals surface area contributed by atoms with E-state index in [-0.39, 0.29) is 0 Å². The molecule has 1 heterocycles. The Morgan fingerprint density at radius 3 is 2.68 bits per heavy atom. The Balaban J connectivity index is 2.03. The molecular formula is C17H34N2. The van der Waals surface area contributed by atoms with Gasteiger partial charge >= 0.3 is 0 Å². The summed E-state index contributed by atoms with van der Waals surface area (Å²) in [5.74, 6) is 1.73. The van der Waals surface area contributed by atoms with Crippen molar-refractivity contribution < 1.29 is 0 Å². The summed E-state index contributed by atoms with van der Waals surface area (Å²) in [6, 6.07) is 2.38. The molecule has 2 nitrogen and oxygen atoms in total. The highest BCUT2D eigenvalue weighted by Gasteiger charge is 2.38. The van der Waals surface area contributed by atoms with Crippen LogP contribution >= 0.6 is 0 Å². The normalized spacial score (nSPS) is 37.1. The first kappa shape index (κ1) is 15.3. The lowest BCUT2D eigenvalue weighted by Gasteiger charge is -2.44. The largest absolute Gasteiger partial charge is 0.312 e. The summed E-state index contributed by atoms with van der Waals surface area (Å²) < 4.78 is 0. The Bertz CT molecular complexity index is 262. The number of nitrogens with zero attached hydrogens (tertiary/aromatic N) is 1. The van der Waals surface area contributed by atoms with Crippen LogP contribution in [0, 0.1) is 11.8 Å². The second kappa shape index (κ2) is 7.08. The smallest absolute Gasteiger partial charge is 0.0254 e. The van der Waals surface area contributed by atoms with Crippen LogP contribution in [0.3, 0.4) is 0 Å². The van der Waals surface area contributed by atoms with Gasteiger partial charge in [-0.05, 0) is 63.5 Å². The molecule has 1 aliphatic heterocycles. The summed E-state index contributed by atoms with van der Waals surface area (Å²) in [4.78, 5) is 2.87. The number of nitrogens with one attached hydrogen (secondary N) is 1. The van der Waals surface area contributed by atoms with Gasteiger partial charge in [-0.3, -0.25) is 4.90 Å². The quantitative estimate of drug-likeness (QED) is 0.817. The van der Waals surface area contributed by atoms with Gasteiger partial charge in [0.15, 0.2) is 0 Å². The minimum Gasteiger partial charge on any atom is -0.312 e. The third-order valence-corrected chi connectivity index (χ3v) is 5.27. The summed E-state index contributed by atoms with van der Waals surface area (Å²) in [6.07, 6.45) is 8.29. The molecule has 0 spiro atoms. The van der Waals surface area contributed by atoms with Crippen LogP contribution in [0.15, 0.2) is 0 Å². The predicted molar refractivity (Wildman–Crippen MR) is 83.5 cm³/mol. The summed E-state index contributed by atoms with van der Waals surface area (Å²) >= 11 is 0. The maximum absolute atomic E-state index is 3.84. The summed E-state index contributed by atoms with van der Waals surface area (Å²) in [5.41, 5.74) is 0. The second-order valence-corrected chi connectivity index (χ2v) is 7.24. The van der Waals surface area contributed by atoms with Crippen molar-refractivity contribution in [1.82, 2.24) is 10.2 Å². The Hall–Kier alpha value is -0.0800. The topological polar surface area (TPSA) is 15.3 Å². The van der Waals surface area contributed by atoms with Crippen LogP contribution in [0.1, 0.15) is 66.2 Å². The Morgan fingerprint density at radius 2 is 2.00 bits per heavy atom. The van der Waals surface area contributed by atoms with E-state index in [0.717, 1.165) is 30.0 Å². The Kier molecular flexibility index (Phi) is 5.70. The average Bonchev–Trinajstić information content (AvgIpc) is 2.86. The van der Waals surface area contributed by atoms with Crippen LogP contribution < -0.4 is 5.32 Å². The molecular weight excluding hydrogens is 232 g/mol. The maximum atomic E-state index is 3.84. The molecule has 1 N–H and O–H groups in total.